The van der Waals surface area contributed by atoms with Gasteiger partial charge in [0.05, 0.1) is 18.2 Å². The summed E-state index contributed by atoms with van der Waals surface area (Å²) in [6.07, 6.45) is 3.36. The molecule has 7 nitrogen and oxygen atoms in total. The number of carbonyl (C=O) groups is 1. The average molecular weight is 398 g/mol. The zero-order valence-corrected chi connectivity index (χ0v) is 16.7. The van der Waals surface area contributed by atoms with Crippen LogP contribution in [-0.4, -0.2) is 41.9 Å². The summed E-state index contributed by atoms with van der Waals surface area (Å²) in [6.45, 7) is 3.81. The molecule has 1 N–H and O–H groups in total. The minimum atomic E-state index is -0.429. The molecule has 1 aliphatic heterocycles. The first-order valence-electron chi connectivity index (χ1n) is 9.17. The van der Waals surface area contributed by atoms with Crippen molar-refractivity contribution < 1.29 is 9.53 Å². The molecule has 0 saturated carbocycles. The first kappa shape index (κ1) is 20.0. The van der Waals surface area contributed by atoms with Gasteiger partial charge in [0.25, 0.3) is 5.56 Å². The molecule has 0 unspecified atom stereocenters. The van der Waals surface area contributed by atoms with Crippen LogP contribution in [0.4, 0.5) is 5.69 Å². The zero-order valence-electron chi connectivity index (χ0n) is 15.9. The molecule has 8 heteroatoms. The molecule has 1 aromatic carbocycles. The highest BCUT2D eigenvalue weighted by Gasteiger charge is 2.26. The SMILES string of the molecule is CCOC(=O)C1CCN(c2ccc(-c3nc(SC)[nH]c(=O)c3C#N)cc2)CC1. The monoisotopic (exact) mass is 398 g/mol. The number of nitrogens with one attached hydrogen (secondary N) is 1. The molecule has 0 bridgehead atoms. The van der Waals surface area contributed by atoms with Crippen LogP contribution in [0.5, 0.6) is 0 Å². The number of thioether (sulfide) groups is 1. The molecule has 1 fully saturated rings. The Hall–Kier alpha value is -2.79. The molecular formula is C20H22N4O3S. The van der Waals surface area contributed by atoms with Crippen molar-refractivity contribution in [2.75, 3.05) is 30.9 Å². The van der Waals surface area contributed by atoms with E-state index < -0.39 is 5.56 Å². The van der Waals surface area contributed by atoms with E-state index in [0.29, 0.717) is 17.5 Å². The van der Waals surface area contributed by atoms with E-state index in [2.05, 4.69) is 14.9 Å². The number of anilines is 1. The predicted molar refractivity (Wildman–Crippen MR) is 108 cm³/mol. The van der Waals surface area contributed by atoms with Crippen molar-refractivity contribution in [3.63, 3.8) is 0 Å². The van der Waals surface area contributed by atoms with Gasteiger partial charge in [0.1, 0.15) is 11.6 Å². The fourth-order valence-electron chi connectivity index (χ4n) is 3.33. The number of hydrogen-bond acceptors (Lipinski definition) is 7. The smallest absolute Gasteiger partial charge is 0.309 e. The molecule has 2 heterocycles. The number of H-pyrrole nitrogens is 1. The summed E-state index contributed by atoms with van der Waals surface area (Å²) >= 11 is 1.32. The third-order valence-corrected chi connectivity index (χ3v) is 5.40. The van der Waals surface area contributed by atoms with Crippen LogP contribution in [0.15, 0.2) is 34.2 Å². The van der Waals surface area contributed by atoms with Gasteiger partial charge in [-0.15, -0.1) is 0 Å². The fraction of sp³-hybridized carbons (Fsp3) is 0.400. The van der Waals surface area contributed by atoms with Crippen molar-refractivity contribution in [2.24, 2.45) is 5.92 Å². The molecular weight excluding hydrogens is 376 g/mol. The van der Waals surface area contributed by atoms with Crippen LogP contribution < -0.4 is 10.5 Å². The lowest BCUT2D eigenvalue weighted by Gasteiger charge is -2.32. The molecule has 3 rings (SSSR count). The van der Waals surface area contributed by atoms with Crippen LogP contribution in [0.1, 0.15) is 25.3 Å². The number of nitrogens with zero attached hydrogens (tertiary/aromatic N) is 3. The van der Waals surface area contributed by atoms with Crippen LogP contribution in [0.2, 0.25) is 0 Å². The average Bonchev–Trinajstić information content (AvgIpc) is 2.73. The topological polar surface area (TPSA) is 99.1 Å². The quantitative estimate of drug-likeness (QED) is 0.470. The van der Waals surface area contributed by atoms with Crippen LogP contribution in [0, 0.1) is 17.2 Å². The lowest BCUT2D eigenvalue weighted by molar-refractivity contribution is -0.148. The Balaban J connectivity index is 1.77. The summed E-state index contributed by atoms with van der Waals surface area (Å²) in [4.78, 5) is 33.2. The fourth-order valence-corrected chi connectivity index (χ4v) is 3.70. The zero-order chi connectivity index (χ0) is 20.1. The van der Waals surface area contributed by atoms with Crippen molar-refractivity contribution in [2.45, 2.75) is 24.9 Å². The van der Waals surface area contributed by atoms with E-state index >= 15 is 0 Å². The highest BCUT2D eigenvalue weighted by atomic mass is 32.2. The van der Waals surface area contributed by atoms with Gasteiger partial charge >= 0.3 is 5.97 Å². The van der Waals surface area contributed by atoms with Crippen molar-refractivity contribution in [1.82, 2.24) is 9.97 Å². The van der Waals surface area contributed by atoms with Gasteiger partial charge in [-0.05, 0) is 38.2 Å². The molecule has 28 heavy (non-hydrogen) atoms. The third kappa shape index (κ3) is 4.20. The maximum atomic E-state index is 12.1. The van der Waals surface area contributed by atoms with Crippen LogP contribution in [0.3, 0.4) is 0 Å². The molecule has 1 aliphatic rings. The first-order chi connectivity index (χ1) is 13.6. The minimum absolute atomic E-state index is 0.0146. The molecule has 1 saturated heterocycles. The van der Waals surface area contributed by atoms with Gasteiger partial charge in [0, 0.05) is 24.3 Å². The highest BCUT2D eigenvalue weighted by Crippen LogP contribution is 2.27. The van der Waals surface area contributed by atoms with E-state index in [-0.39, 0.29) is 17.5 Å². The van der Waals surface area contributed by atoms with Gasteiger partial charge in [0.2, 0.25) is 0 Å². The molecule has 0 spiro atoms. The van der Waals surface area contributed by atoms with Crippen molar-refractivity contribution in [3.8, 4) is 17.3 Å². The second kappa shape index (κ2) is 8.93. The van der Waals surface area contributed by atoms with Gasteiger partial charge in [0.15, 0.2) is 5.16 Å². The molecule has 2 aromatic rings. The Bertz CT molecular complexity index is 941. The number of benzene rings is 1. The molecule has 0 atom stereocenters. The first-order valence-corrected chi connectivity index (χ1v) is 10.4. The van der Waals surface area contributed by atoms with E-state index in [1.165, 1.54) is 11.8 Å². The van der Waals surface area contributed by atoms with Crippen molar-refractivity contribution in [3.05, 3.63) is 40.2 Å². The van der Waals surface area contributed by atoms with Gasteiger partial charge in [-0.25, -0.2) is 4.98 Å². The minimum Gasteiger partial charge on any atom is -0.466 e. The Morgan fingerprint density at radius 2 is 2.04 bits per heavy atom. The standard InChI is InChI=1S/C20H22N4O3S/c1-3-27-19(26)14-8-10-24(11-9-14)15-6-4-13(5-7-15)17-16(12-21)18(25)23-20(22-17)28-2/h4-7,14H,3,8-11H2,1-2H3,(H,22,23,25). The number of aromatic amines is 1. The van der Waals surface area contributed by atoms with E-state index in [0.717, 1.165) is 37.2 Å². The summed E-state index contributed by atoms with van der Waals surface area (Å²) in [5.41, 5.74) is 1.74. The van der Waals surface area contributed by atoms with Gasteiger partial charge < -0.3 is 14.6 Å². The van der Waals surface area contributed by atoms with Crippen LogP contribution in [-0.2, 0) is 9.53 Å². The summed E-state index contributed by atoms with van der Waals surface area (Å²) < 4.78 is 5.12. The number of hydrogen-bond donors (Lipinski definition) is 1. The summed E-state index contributed by atoms with van der Waals surface area (Å²) in [5.74, 6) is -0.134. The third-order valence-electron chi connectivity index (χ3n) is 4.82. The van der Waals surface area contributed by atoms with Crippen molar-refractivity contribution in [1.29, 1.82) is 5.26 Å². The Morgan fingerprint density at radius 1 is 1.36 bits per heavy atom. The van der Waals surface area contributed by atoms with Gasteiger partial charge in [-0.2, -0.15) is 5.26 Å². The van der Waals surface area contributed by atoms with E-state index in [9.17, 15) is 14.9 Å². The van der Waals surface area contributed by atoms with Gasteiger partial charge in [-0.1, -0.05) is 23.9 Å². The maximum Gasteiger partial charge on any atom is 0.309 e. The largest absolute Gasteiger partial charge is 0.466 e. The summed E-state index contributed by atoms with van der Waals surface area (Å²) in [5, 5.41) is 9.80. The number of carbonyl (C=O) groups excluding carboxylic acids is 1. The Labute approximate surface area is 167 Å². The molecule has 146 valence electrons. The lowest BCUT2D eigenvalue weighted by Crippen LogP contribution is -2.36. The van der Waals surface area contributed by atoms with Gasteiger partial charge in [-0.3, -0.25) is 9.59 Å². The maximum absolute atomic E-state index is 12.1. The summed E-state index contributed by atoms with van der Waals surface area (Å²) in [7, 11) is 0. The Morgan fingerprint density at radius 3 is 2.61 bits per heavy atom. The number of piperidine rings is 1. The number of rotatable bonds is 5. The lowest BCUT2D eigenvalue weighted by atomic mass is 9.96. The molecule has 1 aromatic heterocycles. The van der Waals surface area contributed by atoms with Crippen LogP contribution >= 0.6 is 11.8 Å². The second-order valence-electron chi connectivity index (χ2n) is 6.47. The van der Waals surface area contributed by atoms with E-state index in [4.69, 9.17) is 4.74 Å². The normalized spacial score (nSPS) is 14.5. The van der Waals surface area contributed by atoms with Crippen LogP contribution in [0.25, 0.3) is 11.3 Å². The Kier molecular flexibility index (Phi) is 6.37. The number of aromatic nitrogens is 2. The van der Waals surface area contributed by atoms with E-state index in [1.807, 2.05) is 43.5 Å². The number of ether oxygens (including phenoxy) is 1. The number of esters is 1. The number of nitriles is 1. The predicted octanol–water partition coefficient (Wildman–Crippen LogP) is 2.81. The van der Waals surface area contributed by atoms with Crippen molar-refractivity contribution >= 4 is 23.4 Å². The molecule has 0 radical (unpaired) electrons. The highest BCUT2D eigenvalue weighted by molar-refractivity contribution is 7.98. The van der Waals surface area contributed by atoms with E-state index in [1.54, 1.807) is 0 Å². The molecule has 0 amide bonds. The summed E-state index contributed by atoms with van der Waals surface area (Å²) in [6, 6.07) is 9.62. The molecule has 0 aliphatic carbocycles. The second-order valence-corrected chi connectivity index (χ2v) is 7.27.